The smallest absolute Gasteiger partial charge is 0.119 e. The summed E-state index contributed by atoms with van der Waals surface area (Å²) in [5.74, 6) is 0.164. The monoisotopic (exact) mass is 243 g/mol. The Morgan fingerprint density at radius 2 is 1.50 bits per heavy atom. The van der Waals surface area contributed by atoms with Crippen molar-refractivity contribution in [3.63, 3.8) is 0 Å². The Bertz CT molecular complexity index is 505. The van der Waals surface area contributed by atoms with Crippen LogP contribution in [0.2, 0.25) is 0 Å². The first-order chi connectivity index (χ1) is 8.58. The van der Waals surface area contributed by atoms with Crippen LogP contribution in [0, 0.1) is 0 Å². The molecular formula is C15H17NO2. The second-order valence-corrected chi connectivity index (χ2v) is 4.41. The Morgan fingerprint density at radius 3 is 2.06 bits per heavy atom. The van der Waals surface area contributed by atoms with Crippen molar-refractivity contribution in [2.75, 3.05) is 11.9 Å². The Morgan fingerprint density at radius 1 is 0.944 bits per heavy atom. The number of hydrogen-bond acceptors (Lipinski definition) is 3. The van der Waals surface area contributed by atoms with E-state index in [4.69, 9.17) is 0 Å². The molecule has 2 aromatic carbocycles. The number of benzene rings is 2. The molecule has 0 aliphatic heterocycles. The fourth-order valence-corrected chi connectivity index (χ4v) is 1.97. The molecule has 0 aromatic heterocycles. The second kappa shape index (κ2) is 5.00. The lowest BCUT2D eigenvalue weighted by atomic mass is 10.1. The molecule has 0 heterocycles. The molecule has 0 saturated heterocycles. The zero-order valence-corrected chi connectivity index (χ0v) is 10.5. The molecule has 0 aliphatic rings. The van der Waals surface area contributed by atoms with Crippen LogP contribution in [0.15, 0.2) is 48.5 Å². The summed E-state index contributed by atoms with van der Waals surface area (Å²) in [5, 5.41) is 19.0. The maximum absolute atomic E-state index is 9.52. The van der Waals surface area contributed by atoms with Crippen molar-refractivity contribution in [3.8, 4) is 11.5 Å². The van der Waals surface area contributed by atoms with Crippen LogP contribution in [0.1, 0.15) is 18.5 Å². The normalized spacial score (nSPS) is 12.1. The number of rotatable bonds is 3. The molecule has 0 spiro atoms. The SMILES string of the molecule is CC(c1cc(O)cc(O)c1)N(C)c1ccccc1. The molecule has 0 saturated carbocycles. The van der Waals surface area contributed by atoms with E-state index in [1.165, 1.54) is 6.07 Å². The van der Waals surface area contributed by atoms with E-state index >= 15 is 0 Å². The lowest BCUT2D eigenvalue weighted by Gasteiger charge is -2.27. The van der Waals surface area contributed by atoms with Crippen molar-refractivity contribution >= 4 is 5.69 Å². The molecule has 0 radical (unpaired) electrons. The topological polar surface area (TPSA) is 43.7 Å². The van der Waals surface area contributed by atoms with Gasteiger partial charge in [-0.15, -0.1) is 0 Å². The molecule has 2 rings (SSSR count). The van der Waals surface area contributed by atoms with Crippen LogP contribution >= 0.6 is 0 Å². The number of nitrogens with zero attached hydrogens (tertiary/aromatic N) is 1. The van der Waals surface area contributed by atoms with Gasteiger partial charge in [-0.3, -0.25) is 0 Å². The molecule has 0 amide bonds. The van der Waals surface area contributed by atoms with E-state index in [9.17, 15) is 10.2 Å². The predicted octanol–water partition coefficient (Wildman–Crippen LogP) is 3.30. The largest absolute Gasteiger partial charge is 0.508 e. The Kier molecular flexibility index (Phi) is 3.42. The van der Waals surface area contributed by atoms with Crippen LogP contribution in [-0.2, 0) is 0 Å². The van der Waals surface area contributed by atoms with E-state index in [0.717, 1.165) is 11.3 Å². The van der Waals surface area contributed by atoms with Crippen molar-refractivity contribution in [3.05, 3.63) is 54.1 Å². The third-order valence-corrected chi connectivity index (χ3v) is 3.15. The molecule has 2 aromatic rings. The van der Waals surface area contributed by atoms with Gasteiger partial charge in [0.1, 0.15) is 11.5 Å². The molecular weight excluding hydrogens is 226 g/mol. The molecule has 3 heteroatoms. The van der Waals surface area contributed by atoms with Crippen LogP contribution in [-0.4, -0.2) is 17.3 Å². The molecule has 0 aliphatic carbocycles. The van der Waals surface area contributed by atoms with E-state index in [2.05, 4.69) is 4.90 Å². The van der Waals surface area contributed by atoms with Crippen LogP contribution in [0.3, 0.4) is 0 Å². The van der Waals surface area contributed by atoms with Crippen molar-refractivity contribution in [1.29, 1.82) is 0 Å². The van der Waals surface area contributed by atoms with Gasteiger partial charge in [0.05, 0.1) is 6.04 Å². The molecule has 2 N–H and O–H groups in total. The summed E-state index contributed by atoms with van der Waals surface area (Å²) in [5.41, 5.74) is 1.96. The maximum atomic E-state index is 9.52. The highest BCUT2D eigenvalue weighted by atomic mass is 16.3. The summed E-state index contributed by atoms with van der Waals surface area (Å²) in [7, 11) is 1.99. The summed E-state index contributed by atoms with van der Waals surface area (Å²) in [6.45, 7) is 2.03. The predicted molar refractivity (Wildman–Crippen MR) is 73.0 cm³/mol. The molecule has 94 valence electrons. The Balaban J connectivity index is 2.28. The molecule has 18 heavy (non-hydrogen) atoms. The van der Waals surface area contributed by atoms with Gasteiger partial charge in [-0.2, -0.15) is 0 Å². The van der Waals surface area contributed by atoms with Gasteiger partial charge < -0.3 is 15.1 Å². The summed E-state index contributed by atoms with van der Waals surface area (Å²) in [6.07, 6.45) is 0. The third-order valence-electron chi connectivity index (χ3n) is 3.15. The van der Waals surface area contributed by atoms with E-state index in [0.29, 0.717) is 0 Å². The maximum Gasteiger partial charge on any atom is 0.119 e. The minimum atomic E-state index is 0.0606. The number of hydrogen-bond donors (Lipinski definition) is 2. The number of phenolic OH excluding ortho intramolecular Hbond substituents is 2. The minimum Gasteiger partial charge on any atom is -0.508 e. The number of para-hydroxylation sites is 1. The van der Waals surface area contributed by atoms with Gasteiger partial charge >= 0.3 is 0 Å². The first kappa shape index (κ1) is 12.3. The highest BCUT2D eigenvalue weighted by molar-refractivity contribution is 5.49. The second-order valence-electron chi connectivity index (χ2n) is 4.41. The van der Waals surface area contributed by atoms with Crippen LogP contribution in [0.5, 0.6) is 11.5 Å². The quantitative estimate of drug-likeness (QED) is 0.869. The highest BCUT2D eigenvalue weighted by Gasteiger charge is 2.13. The summed E-state index contributed by atoms with van der Waals surface area (Å²) < 4.78 is 0. The van der Waals surface area contributed by atoms with Gasteiger partial charge in [0.2, 0.25) is 0 Å². The fraction of sp³-hybridized carbons (Fsp3) is 0.200. The third kappa shape index (κ3) is 2.56. The van der Waals surface area contributed by atoms with E-state index in [1.54, 1.807) is 12.1 Å². The molecule has 0 bridgehead atoms. The van der Waals surface area contributed by atoms with E-state index in [1.807, 2.05) is 44.3 Å². The zero-order chi connectivity index (χ0) is 13.1. The van der Waals surface area contributed by atoms with Crippen LogP contribution in [0.4, 0.5) is 5.69 Å². The zero-order valence-electron chi connectivity index (χ0n) is 10.5. The van der Waals surface area contributed by atoms with Crippen LogP contribution < -0.4 is 4.90 Å². The van der Waals surface area contributed by atoms with Crippen molar-refractivity contribution in [2.24, 2.45) is 0 Å². The molecule has 1 unspecified atom stereocenters. The van der Waals surface area contributed by atoms with Gasteiger partial charge in [-0.05, 0) is 36.8 Å². The first-order valence-corrected chi connectivity index (χ1v) is 5.88. The van der Waals surface area contributed by atoms with E-state index < -0.39 is 0 Å². The van der Waals surface area contributed by atoms with Gasteiger partial charge in [-0.1, -0.05) is 18.2 Å². The summed E-state index contributed by atoms with van der Waals surface area (Å²) in [4.78, 5) is 2.09. The Hall–Kier alpha value is -2.16. The lowest BCUT2D eigenvalue weighted by Crippen LogP contribution is -2.21. The van der Waals surface area contributed by atoms with Gasteiger partial charge in [0.15, 0.2) is 0 Å². The van der Waals surface area contributed by atoms with Crippen LogP contribution in [0.25, 0.3) is 0 Å². The van der Waals surface area contributed by atoms with Crippen molar-refractivity contribution < 1.29 is 10.2 Å². The molecule has 1 atom stereocenters. The highest BCUT2D eigenvalue weighted by Crippen LogP contribution is 2.30. The number of aromatic hydroxyl groups is 2. The average Bonchev–Trinajstić information content (AvgIpc) is 2.37. The number of phenols is 2. The molecule has 3 nitrogen and oxygen atoms in total. The summed E-state index contributed by atoms with van der Waals surface area (Å²) in [6, 6.07) is 14.7. The number of anilines is 1. The fourth-order valence-electron chi connectivity index (χ4n) is 1.97. The van der Waals surface area contributed by atoms with Crippen molar-refractivity contribution in [2.45, 2.75) is 13.0 Å². The minimum absolute atomic E-state index is 0.0606. The molecule has 0 fully saturated rings. The lowest BCUT2D eigenvalue weighted by molar-refractivity contribution is 0.448. The average molecular weight is 243 g/mol. The first-order valence-electron chi connectivity index (χ1n) is 5.88. The van der Waals surface area contributed by atoms with Gasteiger partial charge in [-0.25, -0.2) is 0 Å². The standard InChI is InChI=1S/C15H17NO2/c1-11(12-8-14(17)10-15(18)9-12)16(2)13-6-4-3-5-7-13/h3-11,17-18H,1-2H3. The summed E-state index contributed by atoms with van der Waals surface area (Å²) >= 11 is 0. The Labute approximate surface area is 107 Å². The van der Waals surface area contributed by atoms with E-state index in [-0.39, 0.29) is 17.5 Å². The van der Waals surface area contributed by atoms with Gasteiger partial charge in [0, 0.05) is 18.8 Å². The van der Waals surface area contributed by atoms with Gasteiger partial charge in [0.25, 0.3) is 0 Å². The van der Waals surface area contributed by atoms with Crippen molar-refractivity contribution in [1.82, 2.24) is 0 Å².